The third-order valence-corrected chi connectivity index (χ3v) is 4.88. The highest BCUT2D eigenvalue weighted by Gasteiger charge is 2.20. The van der Waals surface area contributed by atoms with Gasteiger partial charge in [-0.05, 0) is 67.1 Å². The largest absolute Gasteiger partial charge is 0.508 e. The van der Waals surface area contributed by atoms with E-state index in [2.05, 4.69) is 10.5 Å². The van der Waals surface area contributed by atoms with Crippen molar-refractivity contribution in [3.63, 3.8) is 0 Å². The number of nitrogens with one attached hydrogen (secondary N) is 1. The number of rotatable bonds is 10. The Labute approximate surface area is 208 Å². The number of ether oxygens (including phenoxy) is 5. The van der Waals surface area contributed by atoms with Gasteiger partial charge < -0.3 is 28.8 Å². The number of amides is 1. The molecule has 3 aromatic carbocycles. The number of carbonyl (C=O) groups excluding carboxylic acids is 2. The quantitative estimate of drug-likeness (QED) is 0.189. The molecule has 0 heterocycles. The van der Waals surface area contributed by atoms with Crippen LogP contribution in [0.25, 0.3) is 0 Å². The summed E-state index contributed by atoms with van der Waals surface area (Å²) in [5.41, 5.74) is 3.53. The molecule has 0 aliphatic rings. The van der Waals surface area contributed by atoms with Gasteiger partial charge in [0.25, 0.3) is 5.91 Å². The first-order chi connectivity index (χ1) is 17.4. The number of esters is 1. The lowest BCUT2D eigenvalue weighted by Crippen LogP contribution is -2.17. The average molecular weight is 495 g/mol. The van der Waals surface area contributed by atoms with E-state index in [-0.39, 0.29) is 17.1 Å². The minimum absolute atomic E-state index is 0.0598. The Kier molecular flexibility index (Phi) is 8.71. The third kappa shape index (κ3) is 6.23. The maximum atomic E-state index is 12.9. The molecular weight excluding hydrogens is 468 g/mol. The van der Waals surface area contributed by atoms with Gasteiger partial charge in [0.1, 0.15) is 5.75 Å². The van der Waals surface area contributed by atoms with E-state index in [1.54, 1.807) is 25.1 Å². The number of hydrogen-bond acceptors (Lipinski definition) is 9. The summed E-state index contributed by atoms with van der Waals surface area (Å²) in [5, 5.41) is 13.3. The monoisotopic (exact) mass is 494 g/mol. The second-order valence-electron chi connectivity index (χ2n) is 7.19. The maximum absolute atomic E-state index is 12.9. The van der Waals surface area contributed by atoms with Gasteiger partial charge in [0.05, 0.1) is 39.7 Å². The number of hydrogen-bond donors (Lipinski definition) is 2. The minimum atomic E-state index is -0.655. The number of hydrazone groups is 1. The summed E-state index contributed by atoms with van der Waals surface area (Å²) < 4.78 is 27.1. The van der Waals surface area contributed by atoms with Crippen LogP contribution in [0, 0.1) is 0 Å². The Hall–Kier alpha value is -4.73. The predicted molar refractivity (Wildman–Crippen MR) is 132 cm³/mol. The van der Waals surface area contributed by atoms with Crippen molar-refractivity contribution in [3.05, 3.63) is 71.3 Å². The SMILES string of the molecule is CCOc1cc(/C=N/NC(=O)c2ccc(O)cc2)ccc1OC(=O)c1cc(OC)c(OC)c(OC)c1. The lowest BCUT2D eigenvalue weighted by molar-refractivity contribution is 0.0727. The molecule has 10 nitrogen and oxygen atoms in total. The van der Waals surface area contributed by atoms with Crippen LogP contribution in [0.5, 0.6) is 34.5 Å². The number of methoxy groups -OCH3 is 3. The summed E-state index contributed by atoms with van der Waals surface area (Å²) in [6.45, 7) is 2.12. The van der Waals surface area contributed by atoms with E-state index in [0.717, 1.165) is 0 Å². The molecule has 0 saturated heterocycles. The normalized spacial score (nSPS) is 10.6. The van der Waals surface area contributed by atoms with Crippen LogP contribution in [0.1, 0.15) is 33.2 Å². The van der Waals surface area contributed by atoms with Gasteiger partial charge in [0.2, 0.25) is 5.75 Å². The molecule has 0 aromatic heterocycles. The molecule has 3 rings (SSSR count). The maximum Gasteiger partial charge on any atom is 0.343 e. The van der Waals surface area contributed by atoms with E-state index < -0.39 is 11.9 Å². The van der Waals surface area contributed by atoms with E-state index in [0.29, 0.717) is 40.7 Å². The highest BCUT2D eigenvalue weighted by molar-refractivity contribution is 5.95. The first-order valence-electron chi connectivity index (χ1n) is 10.8. The molecule has 3 aromatic rings. The molecule has 0 aliphatic carbocycles. The highest BCUT2D eigenvalue weighted by Crippen LogP contribution is 2.38. The van der Waals surface area contributed by atoms with Crippen LogP contribution in [0.15, 0.2) is 59.7 Å². The highest BCUT2D eigenvalue weighted by atomic mass is 16.6. The van der Waals surface area contributed by atoms with Crippen LogP contribution in [0.2, 0.25) is 0 Å². The van der Waals surface area contributed by atoms with E-state index in [1.165, 1.54) is 63.9 Å². The zero-order valence-electron chi connectivity index (χ0n) is 20.2. The van der Waals surface area contributed by atoms with Gasteiger partial charge in [0, 0.05) is 5.56 Å². The Morgan fingerprint density at radius 3 is 2.11 bits per heavy atom. The second kappa shape index (κ2) is 12.1. The fraction of sp³-hybridized carbons (Fsp3) is 0.192. The van der Waals surface area contributed by atoms with Crippen LogP contribution in [0.4, 0.5) is 0 Å². The number of phenolic OH excluding ortho intramolecular Hbond substituents is 1. The molecule has 0 bridgehead atoms. The van der Waals surface area contributed by atoms with Crippen molar-refractivity contribution in [1.29, 1.82) is 0 Å². The molecule has 0 radical (unpaired) electrons. The predicted octanol–water partition coefficient (Wildman–Crippen LogP) is 3.80. The zero-order valence-corrected chi connectivity index (χ0v) is 20.2. The number of carbonyl (C=O) groups is 2. The smallest absolute Gasteiger partial charge is 0.343 e. The molecule has 1 amide bonds. The fourth-order valence-corrected chi connectivity index (χ4v) is 3.16. The number of aromatic hydroxyl groups is 1. The summed E-state index contributed by atoms with van der Waals surface area (Å²) in [6, 6.07) is 13.6. The van der Waals surface area contributed by atoms with E-state index in [1.807, 2.05) is 0 Å². The number of nitrogens with zero attached hydrogens (tertiary/aromatic N) is 1. The molecule has 2 N–H and O–H groups in total. The lowest BCUT2D eigenvalue weighted by Gasteiger charge is -2.15. The van der Waals surface area contributed by atoms with Crippen molar-refractivity contribution in [3.8, 4) is 34.5 Å². The average Bonchev–Trinajstić information content (AvgIpc) is 2.89. The van der Waals surface area contributed by atoms with Gasteiger partial charge in [-0.25, -0.2) is 10.2 Å². The van der Waals surface area contributed by atoms with Gasteiger partial charge in [-0.3, -0.25) is 4.79 Å². The first-order valence-corrected chi connectivity index (χ1v) is 10.8. The molecule has 0 aliphatic heterocycles. The summed E-state index contributed by atoms with van der Waals surface area (Å²) in [7, 11) is 4.37. The van der Waals surface area contributed by atoms with Crippen LogP contribution in [-0.4, -0.2) is 51.1 Å². The van der Waals surface area contributed by atoms with Crippen molar-refractivity contribution in [2.24, 2.45) is 5.10 Å². The van der Waals surface area contributed by atoms with E-state index >= 15 is 0 Å². The number of phenols is 1. The molecule has 0 saturated carbocycles. The fourth-order valence-electron chi connectivity index (χ4n) is 3.16. The van der Waals surface area contributed by atoms with E-state index in [4.69, 9.17) is 23.7 Å². The summed E-state index contributed by atoms with van der Waals surface area (Å²) in [4.78, 5) is 25.0. The summed E-state index contributed by atoms with van der Waals surface area (Å²) >= 11 is 0. The molecule has 10 heteroatoms. The Morgan fingerprint density at radius 1 is 0.861 bits per heavy atom. The summed E-state index contributed by atoms with van der Waals surface area (Å²) in [5.74, 6) is 0.458. The van der Waals surface area contributed by atoms with Gasteiger partial charge >= 0.3 is 5.97 Å². The Bertz CT molecular complexity index is 1230. The molecule has 0 unspecified atom stereocenters. The van der Waals surface area contributed by atoms with Crippen molar-refractivity contribution < 1.29 is 38.4 Å². The van der Waals surface area contributed by atoms with E-state index in [9.17, 15) is 14.7 Å². The Morgan fingerprint density at radius 2 is 1.53 bits per heavy atom. The molecule has 0 fully saturated rings. The first kappa shape index (κ1) is 25.9. The second-order valence-corrected chi connectivity index (χ2v) is 7.19. The molecule has 0 atom stereocenters. The third-order valence-electron chi connectivity index (χ3n) is 4.88. The molecule has 188 valence electrons. The molecule has 0 spiro atoms. The number of benzene rings is 3. The minimum Gasteiger partial charge on any atom is -0.508 e. The van der Waals surface area contributed by atoms with Crippen LogP contribution < -0.4 is 29.1 Å². The van der Waals surface area contributed by atoms with Crippen LogP contribution in [0.3, 0.4) is 0 Å². The van der Waals surface area contributed by atoms with Gasteiger partial charge in [-0.15, -0.1) is 0 Å². The van der Waals surface area contributed by atoms with Crippen molar-refractivity contribution in [1.82, 2.24) is 5.43 Å². The Balaban J connectivity index is 1.77. The molecule has 36 heavy (non-hydrogen) atoms. The molecular formula is C26H26N2O8. The van der Waals surface area contributed by atoms with Gasteiger partial charge in [-0.2, -0.15) is 5.10 Å². The van der Waals surface area contributed by atoms with Crippen LogP contribution >= 0.6 is 0 Å². The van der Waals surface area contributed by atoms with Gasteiger partial charge in [0.15, 0.2) is 23.0 Å². The topological polar surface area (TPSA) is 125 Å². The zero-order chi connectivity index (χ0) is 26.1. The van der Waals surface area contributed by atoms with Crippen LogP contribution in [-0.2, 0) is 0 Å². The van der Waals surface area contributed by atoms with Crippen molar-refractivity contribution >= 4 is 18.1 Å². The standard InChI is InChI=1S/C26H26N2O8/c1-5-35-21-12-16(15-27-28-25(30)17-7-9-19(29)10-8-17)6-11-20(21)36-26(31)18-13-22(32-2)24(34-4)23(14-18)33-3/h6-15,29H,5H2,1-4H3,(H,28,30)/b27-15+. The van der Waals surface area contributed by atoms with Crippen molar-refractivity contribution in [2.45, 2.75) is 6.92 Å². The van der Waals surface area contributed by atoms with Gasteiger partial charge in [-0.1, -0.05) is 0 Å². The lowest BCUT2D eigenvalue weighted by atomic mass is 10.1. The summed E-state index contributed by atoms with van der Waals surface area (Å²) in [6.07, 6.45) is 1.42. The van der Waals surface area contributed by atoms with Crippen molar-refractivity contribution in [2.75, 3.05) is 27.9 Å².